The number of hydrogen-bond acceptors (Lipinski definition) is 8. The van der Waals surface area contributed by atoms with Crippen molar-refractivity contribution in [2.75, 3.05) is 48.0 Å². The van der Waals surface area contributed by atoms with Crippen molar-refractivity contribution in [3.8, 4) is 21.3 Å². The highest BCUT2D eigenvalue weighted by molar-refractivity contribution is 7.19. The zero-order valence-electron chi connectivity index (χ0n) is 27.6. The number of H-pyrrole nitrogens is 1. The number of amides is 2. The van der Waals surface area contributed by atoms with Crippen LogP contribution in [0.5, 0.6) is 0 Å². The molecular weight excluding hydrogens is 647 g/mol. The van der Waals surface area contributed by atoms with Crippen molar-refractivity contribution in [1.29, 1.82) is 0 Å². The molecule has 0 aliphatic carbocycles. The van der Waals surface area contributed by atoms with Crippen LogP contribution in [0.4, 0.5) is 17.2 Å². The summed E-state index contributed by atoms with van der Waals surface area (Å²) < 4.78 is 5.49. The third-order valence-corrected chi connectivity index (χ3v) is 11.3. The van der Waals surface area contributed by atoms with Crippen LogP contribution in [0.1, 0.15) is 44.7 Å². The molecular formula is C39H35N7O3S. The third kappa shape index (κ3) is 5.43. The van der Waals surface area contributed by atoms with Crippen LogP contribution in [0.2, 0.25) is 0 Å². The molecule has 0 bridgehead atoms. The fraction of sp³-hybridized carbons (Fsp3) is 0.256. The summed E-state index contributed by atoms with van der Waals surface area (Å²) in [6.07, 6.45) is 6.34. The predicted molar refractivity (Wildman–Crippen MR) is 196 cm³/mol. The van der Waals surface area contributed by atoms with Crippen LogP contribution >= 0.6 is 11.3 Å². The third-order valence-electron chi connectivity index (χ3n) is 10.2. The largest absolute Gasteiger partial charge is 0.380 e. The number of carbonyl (C=O) groups excluding carboxylic acids is 2. The monoisotopic (exact) mass is 681 g/mol. The number of benzene rings is 2. The normalized spacial score (nSPS) is 16.4. The quantitative estimate of drug-likeness (QED) is 0.199. The van der Waals surface area contributed by atoms with Crippen LogP contribution in [0.15, 0.2) is 85.2 Å². The zero-order chi connectivity index (χ0) is 33.8. The van der Waals surface area contributed by atoms with Crippen LogP contribution in [-0.2, 0) is 11.2 Å². The molecule has 1 spiro atoms. The number of pyridine rings is 2. The molecule has 9 rings (SSSR count). The second-order valence-corrected chi connectivity index (χ2v) is 14.6. The van der Waals surface area contributed by atoms with Crippen molar-refractivity contribution < 1.29 is 14.3 Å². The summed E-state index contributed by atoms with van der Waals surface area (Å²) in [5, 5.41) is 3.04. The number of aromatic amines is 1. The summed E-state index contributed by atoms with van der Waals surface area (Å²) in [5.74, 6) is 1.21. The lowest BCUT2D eigenvalue weighted by Crippen LogP contribution is -2.51. The Morgan fingerprint density at radius 3 is 2.56 bits per heavy atom. The van der Waals surface area contributed by atoms with Gasteiger partial charge in [-0.15, -0.1) is 11.3 Å². The van der Waals surface area contributed by atoms with E-state index in [-0.39, 0.29) is 11.8 Å². The molecule has 0 atom stereocenters. The number of nitrogens with one attached hydrogen (secondary N) is 2. The number of carbonyl (C=O) groups is 2. The van der Waals surface area contributed by atoms with E-state index < -0.39 is 0 Å². The number of nitrogens with zero attached hydrogens (tertiary/aromatic N) is 5. The fourth-order valence-electron chi connectivity index (χ4n) is 7.26. The Labute approximate surface area is 293 Å². The maximum atomic E-state index is 14.0. The second-order valence-electron chi connectivity index (χ2n) is 13.5. The smallest absolute Gasteiger partial charge is 0.259 e. The van der Waals surface area contributed by atoms with Gasteiger partial charge in [0.05, 0.1) is 45.3 Å². The minimum absolute atomic E-state index is 0.116. The maximum Gasteiger partial charge on any atom is 0.259 e. The first-order chi connectivity index (χ1) is 24.4. The maximum absolute atomic E-state index is 14.0. The van der Waals surface area contributed by atoms with Crippen LogP contribution in [0.3, 0.4) is 0 Å². The highest BCUT2D eigenvalue weighted by Gasteiger charge is 2.42. The molecule has 7 heterocycles. The standard InChI is InChI=1S/C39H35N7O3S/c1-24-19-28(36(41-21-24)45-17-13-39(14-18-45)22-49-23-39)37(47)42-27-10-8-25(9-11-27)38(48)46-16-12-26-20-32(35-43-29-5-2-3-6-30(29)44-35)50-34(26)33-31(46)7-4-15-40-33/h2-11,15,19-21H,12-14,16-18,22-23H2,1H3,(H,42,47)(H,43,44). The van der Waals surface area contributed by atoms with Crippen LogP contribution < -0.4 is 15.1 Å². The Morgan fingerprint density at radius 2 is 1.78 bits per heavy atom. The number of rotatable bonds is 5. The average Bonchev–Trinajstić information content (AvgIpc) is 3.73. The molecule has 50 heavy (non-hydrogen) atoms. The highest BCUT2D eigenvalue weighted by atomic mass is 32.1. The Kier molecular flexibility index (Phi) is 7.47. The van der Waals surface area contributed by atoms with Gasteiger partial charge in [-0.2, -0.15) is 0 Å². The minimum atomic E-state index is -0.219. The van der Waals surface area contributed by atoms with Gasteiger partial charge in [-0.1, -0.05) is 12.1 Å². The van der Waals surface area contributed by atoms with E-state index in [1.54, 1.807) is 41.8 Å². The number of ether oxygens (including phenoxy) is 1. The summed E-state index contributed by atoms with van der Waals surface area (Å²) >= 11 is 1.64. The van der Waals surface area contributed by atoms with E-state index in [0.717, 1.165) is 88.3 Å². The molecule has 0 unspecified atom stereocenters. The summed E-state index contributed by atoms with van der Waals surface area (Å²) in [6.45, 7) is 5.81. The molecule has 0 saturated carbocycles. The molecule has 2 N–H and O–H groups in total. The number of aromatic nitrogens is 4. The van der Waals surface area contributed by atoms with Crippen LogP contribution in [0, 0.1) is 12.3 Å². The molecule has 4 aromatic heterocycles. The number of aryl methyl sites for hydroxylation is 1. The van der Waals surface area contributed by atoms with Crippen LogP contribution in [0.25, 0.3) is 32.3 Å². The molecule has 6 aromatic rings. The van der Waals surface area contributed by atoms with Gasteiger partial charge in [0.2, 0.25) is 0 Å². The molecule has 2 aromatic carbocycles. The minimum Gasteiger partial charge on any atom is -0.380 e. The highest BCUT2D eigenvalue weighted by Crippen LogP contribution is 2.43. The van der Waals surface area contributed by atoms with Gasteiger partial charge in [-0.05, 0) is 98.0 Å². The Hall–Kier alpha value is -5.39. The van der Waals surface area contributed by atoms with E-state index in [0.29, 0.717) is 41.0 Å². The lowest BCUT2D eigenvalue weighted by Gasteiger charge is -2.47. The second kappa shape index (κ2) is 12.2. The van der Waals surface area contributed by atoms with E-state index in [9.17, 15) is 9.59 Å². The Balaban J connectivity index is 0.929. The number of thiophene rings is 1. The van der Waals surface area contributed by atoms with Gasteiger partial charge in [0.25, 0.3) is 11.8 Å². The van der Waals surface area contributed by atoms with Gasteiger partial charge in [-0.25, -0.2) is 9.97 Å². The number of anilines is 3. The van der Waals surface area contributed by atoms with Gasteiger partial charge >= 0.3 is 0 Å². The predicted octanol–water partition coefficient (Wildman–Crippen LogP) is 7.13. The number of piperidine rings is 1. The first-order valence-electron chi connectivity index (χ1n) is 17.0. The zero-order valence-corrected chi connectivity index (χ0v) is 28.4. The number of para-hydroxylation sites is 2. The Morgan fingerprint density at radius 1 is 0.960 bits per heavy atom. The number of imidazole rings is 1. The van der Waals surface area contributed by atoms with Crippen molar-refractivity contribution >= 4 is 51.4 Å². The molecule has 2 amide bonds. The fourth-order valence-corrected chi connectivity index (χ4v) is 8.42. The van der Waals surface area contributed by atoms with Gasteiger partial charge in [-0.3, -0.25) is 14.6 Å². The lowest BCUT2D eigenvalue weighted by molar-refractivity contribution is -0.124. The summed E-state index contributed by atoms with van der Waals surface area (Å²) in [7, 11) is 0. The molecule has 2 fully saturated rings. The van der Waals surface area contributed by atoms with E-state index in [2.05, 4.69) is 26.3 Å². The first-order valence-corrected chi connectivity index (χ1v) is 17.8. The molecule has 3 aliphatic heterocycles. The first kappa shape index (κ1) is 30.7. The topological polar surface area (TPSA) is 116 Å². The van der Waals surface area contributed by atoms with Gasteiger partial charge in [0, 0.05) is 48.7 Å². The van der Waals surface area contributed by atoms with Crippen LogP contribution in [-0.4, -0.2) is 64.6 Å². The molecule has 10 nitrogen and oxygen atoms in total. The van der Waals surface area contributed by atoms with E-state index >= 15 is 0 Å². The number of hydrogen-bond donors (Lipinski definition) is 2. The van der Waals surface area contributed by atoms with Crippen molar-refractivity contribution in [3.05, 3.63) is 107 Å². The summed E-state index contributed by atoms with van der Waals surface area (Å²) in [5.41, 5.74) is 7.55. The summed E-state index contributed by atoms with van der Waals surface area (Å²) in [6, 6.07) is 23.0. The molecule has 3 aliphatic rings. The van der Waals surface area contributed by atoms with Gasteiger partial charge < -0.3 is 24.8 Å². The van der Waals surface area contributed by atoms with Gasteiger partial charge in [0.15, 0.2) is 0 Å². The van der Waals surface area contributed by atoms with E-state index in [1.165, 1.54) is 0 Å². The molecule has 11 heteroatoms. The SMILES string of the molecule is Cc1cnc(N2CCC3(CC2)COC3)c(C(=O)Nc2ccc(C(=O)N3CCc4cc(-c5nc6ccccc6[nH]5)sc4-c4ncccc43)cc2)c1. The Bertz CT molecular complexity index is 2230. The van der Waals surface area contributed by atoms with E-state index in [1.807, 2.05) is 60.5 Å². The van der Waals surface area contributed by atoms with Crippen molar-refractivity contribution in [3.63, 3.8) is 0 Å². The number of fused-ring (bicyclic) bond motifs is 4. The van der Waals surface area contributed by atoms with E-state index in [4.69, 9.17) is 14.7 Å². The summed E-state index contributed by atoms with van der Waals surface area (Å²) in [4.78, 5) is 51.5. The van der Waals surface area contributed by atoms with Crippen molar-refractivity contribution in [1.82, 2.24) is 19.9 Å². The average molecular weight is 682 g/mol. The van der Waals surface area contributed by atoms with Crippen molar-refractivity contribution in [2.45, 2.75) is 26.2 Å². The molecule has 250 valence electrons. The van der Waals surface area contributed by atoms with Gasteiger partial charge in [0.1, 0.15) is 17.3 Å². The molecule has 2 saturated heterocycles. The molecule has 0 radical (unpaired) electrons. The van der Waals surface area contributed by atoms with Crippen molar-refractivity contribution in [2.24, 2.45) is 5.41 Å². The lowest BCUT2D eigenvalue weighted by atomic mass is 9.77.